The van der Waals surface area contributed by atoms with E-state index in [4.69, 9.17) is 23.2 Å². The van der Waals surface area contributed by atoms with Crippen molar-refractivity contribution in [1.29, 1.82) is 0 Å². The van der Waals surface area contributed by atoms with Crippen molar-refractivity contribution >= 4 is 50.7 Å². The predicted octanol–water partition coefficient (Wildman–Crippen LogP) is 6.28. The molecule has 0 bridgehead atoms. The van der Waals surface area contributed by atoms with Gasteiger partial charge >= 0.3 is 0 Å². The second-order valence-electron chi connectivity index (χ2n) is 10.5. The number of anilines is 1. The maximum absolute atomic E-state index is 14.1. The molecule has 10 heteroatoms. The van der Waals surface area contributed by atoms with Crippen LogP contribution in [0.15, 0.2) is 71.6 Å². The molecule has 0 saturated heterocycles. The van der Waals surface area contributed by atoms with Crippen molar-refractivity contribution in [2.24, 2.45) is 0 Å². The van der Waals surface area contributed by atoms with Gasteiger partial charge in [0.2, 0.25) is 11.8 Å². The van der Waals surface area contributed by atoms with Crippen molar-refractivity contribution in [2.45, 2.75) is 70.0 Å². The van der Waals surface area contributed by atoms with E-state index in [-0.39, 0.29) is 29.1 Å². The molecule has 1 atom stereocenters. The lowest BCUT2D eigenvalue weighted by molar-refractivity contribution is -0.139. The highest BCUT2D eigenvalue weighted by Gasteiger charge is 2.34. The van der Waals surface area contributed by atoms with E-state index < -0.39 is 28.5 Å². The van der Waals surface area contributed by atoms with Crippen LogP contribution in [0.5, 0.6) is 0 Å². The molecule has 0 aromatic heterocycles. The minimum Gasteiger partial charge on any atom is -0.352 e. The number of sulfonamides is 1. The molecule has 41 heavy (non-hydrogen) atoms. The largest absolute Gasteiger partial charge is 0.352 e. The molecule has 0 unspecified atom stereocenters. The molecule has 1 saturated carbocycles. The summed E-state index contributed by atoms with van der Waals surface area (Å²) in [7, 11) is -4.18. The summed E-state index contributed by atoms with van der Waals surface area (Å²) in [6, 6.07) is 17.6. The molecule has 1 N–H and O–H groups in total. The molecule has 0 aliphatic heterocycles. The van der Waals surface area contributed by atoms with Gasteiger partial charge in [-0.15, -0.1) is 0 Å². The van der Waals surface area contributed by atoms with Gasteiger partial charge in [-0.2, -0.15) is 0 Å². The van der Waals surface area contributed by atoms with Gasteiger partial charge in [-0.25, -0.2) is 8.42 Å². The van der Waals surface area contributed by atoms with E-state index in [1.165, 1.54) is 17.0 Å². The molecule has 4 rings (SSSR count). The monoisotopic (exact) mass is 615 g/mol. The summed E-state index contributed by atoms with van der Waals surface area (Å²) in [5.41, 5.74) is 2.35. The van der Waals surface area contributed by atoms with E-state index in [0.717, 1.165) is 35.6 Å². The molecule has 0 radical (unpaired) electrons. The van der Waals surface area contributed by atoms with E-state index in [0.29, 0.717) is 21.2 Å². The maximum Gasteiger partial charge on any atom is 0.264 e. The number of benzene rings is 3. The number of carbonyl (C=O) groups excluding carboxylic acids is 2. The average Bonchev–Trinajstić information content (AvgIpc) is 3.45. The summed E-state index contributed by atoms with van der Waals surface area (Å²) in [5.74, 6) is -0.835. The zero-order chi connectivity index (χ0) is 29.7. The Balaban J connectivity index is 1.73. The average molecular weight is 617 g/mol. The lowest BCUT2D eigenvalue weighted by atomic mass is 10.1. The van der Waals surface area contributed by atoms with Gasteiger partial charge in [0, 0.05) is 22.6 Å². The number of hydrogen-bond donors (Lipinski definition) is 1. The Hall–Kier alpha value is -3.07. The Bertz CT molecular complexity index is 1510. The fourth-order valence-electron chi connectivity index (χ4n) is 5.00. The van der Waals surface area contributed by atoms with Crippen LogP contribution < -0.4 is 9.62 Å². The van der Waals surface area contributed by atoms with Crippen molar-refractivity contribution in [1.82, 2.24) is 10.2 Å². The molecule has 1 aliphatic rings. The van der Waals surface area contributed by atoms with Crippen LogP contribution in [0, 0.1) is 13.8 Å². The van der Waals surface area contributed by atoms with Gasteiger partial charge in [0.15, 0.2) is 0 Å². The second-order valence-corrected chi connectivity index (χ2v) is 13.2. The van der Waals surface area contributed by atoms with Crippen molar-refractivity contribution in [3.63, 3.8) is 0 Å². The van der Waals surface area contributed by atoms with Crippen molar-refractivity contribution in [3.8, 4) is 0 Å². The highest BCUT2D eigenvalue weighted by atomic mass is 35.5. The molecular weight excluding hydrogens is 581 g/mol. The van der Waals surface area contributed by atoms with E-state index in [2.05, 4.69) is 5.32 Å². The summed E-state index contributed by atoms with van der Waals surface area (Å²) in [6.45, 7) is 4.72. The van der Waals surface area contributed by atoms with Crippen molar-refractivity contribution in [3.05, 3.63) is 93.5 Å². The minimum atomic E-state index is -4.18. The molecule has 1 aliphatic carbocycles. The molecule has 2 amide bonds. The van der Waals surface area contributed by atoms with Crippen molar-refractivity contribution < 1.29 is 18.0 Å². The first kappa shape index (κ1) is 30.9. The van der Waals surface area contributed by atoms with Crippen LogP contribution in [0.1, 0.15) is 49.3 Å². The summed E-state index contributed by atoms with van der Waals surface area (Å²) < 4.78 is 29.1. The Labute approximate surface area is 252 Å². The van der Waals surface area contributed by atoms with Crippen LogP contribution in [0.4, 0.5) is 5.69 Å². The number of carbonyl (C=O) groups is 2. The van der Waals surface area contributed by atoms with E-state index >= 15 is 0 Å². The summed E-state index contributed by atoms with van der Waals surface area (Å²) in [5, 5.41) is 3.88. The number of nitrogens with one attached hydrogen (secondary N) is 1. The van der Waals surface area contributed by atoms with Crippen LogP contribution in [0.25, 0.3) is 0 Å². The lowest BCUT2D eigenvalue weighted by Gasteiger charge is -2.33. The molecule has 1 fully saturated rings. The second kappa shape index (κ2) is 13.3. The Kier molecular flexibility index (Phi) is 10.00. The van der Waals surface area contributed by atoms with Crippen LogP contribution in [-0.4, -0.2) is 43.8 Å². The summed E-state index contributed by atoms with van der Waals surface area (Å²) >= 11 is 12.8. The van der Waals surface area contributed by atoms with Crippen LogP contribution in [0.2, 0.25) is 10.0 Å². The SMILES string of the molecule is Cc1ccc(S(=O)(=O)N(CC(=O)N(Cc2ccccc2Cl)[C@@H](C)C(=O)NC2CCCC2)c2cccc(Cl)c2C)cc1. The normalized spacial score (nSPS) is 14.5. The fraction of sp³-hybridized carbons (Fsp3) is 0.355. The van der Waals surface area contributed by atoms with Gasteiger partial charge in [0.25, 0.3) is 10.0 Å². The Morgan fingerprint density at radius 1 is 0.927 bits per heavy atom. The van der Waals surface area contributed by atoms with Crippen molar-refractivity contribution in [2.75, 3.05) is 10.8 Å². The zero-order valence-electron chi connectivity index (χ0n) is 23.4. The molecule has 3 aromatic carbocycles. The zero-order valence-corrected chi connectivity index (χ0v) is 25.8. The number of amides is 2. The molecule has 0 heterocycles. The maximum atomic E-state index is 14.1. The molecule has 0 spiro atoms. The van der Waals surface area contributed by atoms with Crippen LogP contribution in [0.3, 0.4) is 0 Å². The number of aryl methyl sites for hydroxylation is 1. The molecule has 3 aromatic rings. The summed E-state index contributed by atoms with van der Waals surface area (Å²) in [4.78, 5) is 28.9. The minimum absolute atomic E-state index is 0.0324. The van der Waals surface area contributed by atoms with E-state index in [1.54, 1.807) is 68.4 Å². The Morgan fingerprint density at radius 3 is 2.22 bits per heavy atom. The van der Waals surface area contributed by atoms with Gasteiger partial charge in [0.1, 0.15) is 12.6 Å². The molecule has 218 valence electrons. The van der Waals surface area contributed by atoms with Gasteiger partial charge in [-0.1, -0.05) is 78.0 Å². The number of halogens is 2. The predicted molar refractivity (Wildman–Crippen MR) is 164 cm³/mol. The third-order valence-electron chi connectivity index (χ3n) is 7.56. The quantitative estimate of drug-likeness (QED) is 0.291. The third kappa shape index (κ3) is 7.23. The van der Waals surface area contributed by atoms with Gasteiger partial charge in [-0.05, 0) is 75.1 Å². The molecule has 7 nitrogen and oxygen atoms in total. The highest BCUT2D eigenvalue weighted by Crippen LogP contribution is 2.31. The molecular formula is C31H35Cl2N3O4S. The van der Waals surface area contributed by atoms with Gasteiger partial charge in [-0.3, -0.25) is 13.9 Å². The number of rotatable bonds is 10. The standard InChI is InChI=1S/C31H35Cl2N3O4S/c1-21-15-17-26(18-16-21)41(39,40)36(29-14-8-13-27(32)22(29)2)20-30(37)35(19-24-9-4-7-12-28(24)33)23(3)31(38)34-25-10-5-6-11-25/h4,7-9,12-18,23,25H,5-6,10-11,19-20H2,1-3H3,(H,34,38)/t23-/m0/s1. The third-order valence-corrected chi connectivity index (χ3v) is 10.1. The highest BCUT2D eigenvalue weighted by molar-refractivity contribution is 7.92. The summed E-state index contributed by atoms with van der Waals surface area (Å²) in [6.07, 6.45) is 3.89. The lowest BCUT2D eigenvalue weighted by Crippen LogP contribution is -2.52. The van der Waals surface area contributed by atoms with E-state index in [9.17, 15) is 18.0 Å². The fourth-order valence-corrected chi connectivity index (χ4v) is 6.84. The first-order valence-electron chi connectivity index (χ1n) is 13.7. The van der Waals surface area contributed by atoms with Gasteiger partial charge < -0.3 is 10.2 Å². The smallest absolute Gasteiger partial charge is 0.264 e. The number of hydrogen-bond acceptors (Lipinski definition) is 4. The number of nitrogens with zero attached hydrogens (tertiary/aromatic N) is 2. The first-order chi connectivity index (χ1) is 19.5. The van der Waals surface area contributed by atoms with Gasteiger partial charge in [0.05, 0.1) is 10.6 Å². The first-order valence-corrected chi connectivity index (χ1v) is 15.9. The van der Waals surface area contributed by atoms with E-state index in [1.807, 2.05) is 6.92 Å². The Morgan fingerprint density at radius 2 is 1.56 bits per heavy atom. The van der Waals surface area contributed by atoms with Crippen LogP contribution >= 0.6 is 23.2 Å². The van der Waals surface area contributed by atoms with Crippen LogP contribution in [-0.2, 0) is 26.2 Å². The topological polar surface area (TPSA) is 86.8 Å².